The molecule has 0 bridgehead atoms. The molecule has 0 amide bonds. The number of carbonyl (C=O) groups excluding carboxylic acids is 1. The predicted molar refractivity (Wildman–Crippen MR) is 139 cm³/mol. The van der Waals surface area contributed by atoms with Crippen LogP contribution >= 0.6 is 11.6 Å². The molecule has 2 atom stereocenters. The number of carboxylic acid groups (broad SMARTS) is 1. The summed E-state index contributed by atoms with van der Waals surface area (Å²) in [6, 6.07) is 17.1. The average Bonchev–Trinajstić information content (AvgIpc) is 2.83. The molecule has 8 heteroatoms. The van der Waals surface area contributed by atoms with Gasteiger partial charge in [0.2, 0.25) is 0 Å². The summed E-state index contributed by atoms with van der Waals surface area (Å²) < 4.78 is 5.52. The molecule has 3 N–H and O–H groups in total. The number of benzene rings is 2. The number of hydrogen-bond donors (Lipinski definition) is 3. The highest BCUT2D eigenvalue weighted by atomic mass is 35.5. The lowest BCUT2D eigenvalue weighted by Crippen LogP contribution is -2.45. The molecule has 7 nitrogen and oxygen atoms in total. The molecule has 0 fully saturated rings. The first-order valence-corrected chi connectivity index (χ1v) is 12.1. The highest BCUT2D eigenvalue weighted by Crippen LogP contribution is 2.22. The van der Waals surface area contributed by atoms with E-state index in [1.165, 1.54) is 6.20 Å². The third-order valence-electron chi connectivity index (χ3n) is 5.49. The van der Waals surface area contributed by atoms with E-state index in [0.29, 0.717) is 17.3 Å². The van der Waals surface area contributed by atoms with Crippen molar-refractivity contribution in [1.82, 2.24) is 10.3 Å². The Morgan fingerprint density at radius 1 is 1.00 bits per heavy atom. The first-order chi connectivity index (χ1) is 17.0. The molecular weight excluding hydrogens is 480 g/mol. The topological polar surface area (TPSA) is 109 Å². The lowest BCUT2D eigenvalue weighted by Gasteiger charge is -2.27. The lowest BCUT2D eigenvalue weighted by molar-refractivity contribution is -0.160. The summed E-state index contributed by atoms with van der Waals surface area (Å²) in [5.74, 6) is -1.49. The van der Waals surface area contributed by atoms with E-state index >= 15 is 0 Å². The molecule has 3 rings (SSSR count). The minimum atomic E-state index is -1.14. The molecule has 3 aromatic rings. The third kappa shape index (κ3) is 7.88. The fourth-order valence-corrected chi connectivity index (χ4v) is 3.77. The standard InChI is InChI=1S/C28H31ClN2O5/c1-28(2,3)36-27(35)24(25(32)22-14-15-23(29)31-17-22)30-16-4-5-18-6-8-19(9-7-18)20-10-12-21(13-11-20)26(33)34/h6-15,17,24-25,30,32H,4-5,16H2,1-3H3,(H,33,34)/t24?,25-/m1/s1. The Labute approximate surface area is 216 Å². The van der Waals surface area contributed by atoms with Crippen LogP contribution in [0.25, 0.3) is 11.1 Å². The molecule has 0 aliphatic carbocycles. The van der Waals surface area contributed by atoms with Crippen LogP contribution in [-0.2, 0) is 16.0 Å². The van der Waals surface area contributed by atoms with E-state index in [-0.39, 0.29) is 5.56 Å². The van der Waals surface area contributed by atoms with Gasteiger partial charge in [-0.05, 0) is 75.0 Å². The number of carboxylic acids is 1. The van der Waals surface area contributed by atoms with Gasteiger partial charge in [0, 0.05) is 11.8 Å². The number of esters is 1. The van der Waals surface area contributed by atoms with E-state index in [4.69, 9.17) is 21.4 Å². The number of hydrogen-bond acceptors (Lipinski definition) is 6. The van der Waals surface area contributed by atoms with E-state index in [0.717, 1.165) is 29.5 Å². The van der Waals surface area contributed by atoms with Gasteiger partial charge in [0.15, 0.2) is 0 Å². The minimum absolute atomic E-state index is 0.255. The molecule has 190 valence electrons. The lowest BCUT2D eigenvalue weighted by atomic mass is 10.0. The summed E-state index contributed by atoms with van der Waals surface area (Å²) in [7, 11) is 0. The number of aromatic carboxylic acids is 1. The number of aromatic nitrogens is 1. The number of carbonyl (C=O) groups is 2. The third-order valence-corrected chi connectivity index (χ3v) is 5.72. The van der Waals surface area contributed by atoms with Crippen molar-refractivity contribution in [2.75, 3.05) is 6.54 Å². The van der Waals surface area contributed by atoms with Gasteiger partial charge in [-0.2, -0.15) is 0 Å². The molecule has 36 heavy (non-hydrogen) atoms. The van der Waals surface area contributed by atoms with Gasteiger partial charge in [0.05, 0.1) is 5.56 Å². The zero-order chi connectivity index (χ0) is 26.3. The first-order valence-electron chi connectivity index (χ1n) is 11.7. The highest BCUT2D eigenvalue weighted by Gasteiger charge is 2.32. The smallest absolute Gasteiger partial charge is 0.335 e. The molecule has 0 saturated heterocycles. The van der Waals surface area contributed by atoms with Gasteiger partial charge in [-0.25, -0.2) is 9.78 Å². The fourth-order valence-electron chi connectivity index (χ4n) is 3.66. The van der Waals surface area contributed by atoms with Gasteiger partial charge in [-0.1, -0.05) is 54.1 Å². The molecule has 0 radical (unpaired) electrons. The summed E-state index contributed by atoms with van der Waals surface area (Å²) in [5.41, 5.74) is 3.10. The van der Waals surface area contributed by atoms with Crippen LogP contribution in [0.3, 0.4) is 0 Å². The van der Waals surface area contributed by atoms with Crippen molar-refractivity contribution in [3.8, 4) is 11.1 Å². The largest absolute Gasteiger partial charge is 0.478 e. The number of pyridine rings is 1. The molecule has 0 saturated carbocycles. The Kier molecular flexibility index (Phi) is 9.20. The Morgan fingerprint density at radius 2 is 1.61 bits per heavy atom. The van der Waals surface area contributed by atoms with Crippen molar-refractivity contribution in [2.24, 2.45) is 0 Å². The Balaban J connectivity index is 1.59. The monoisotopic (exact) mass is 510 g/mol. The summed E-state index contributed by atoms with van der Waals surface area (Å²) in [5, 5.41) is 23.4. The Morgan fingerprint density at radius 3 is 2.14 bits per heavy atom. The van der Waals surface area contributed by atoms with E-state index < -0.39 is 29.7 Å². The molecule has 1 aromatic heterocycles. The summed E-state index contributed by atoms with van der Waals surface area (Å²) >= 11 is 5.85. The van der Waals surface area contributed by atoms with Crippen LogP contribution in [0.2, 0.25) is 5.15 Å². The van der Waals surface area contributed by atoms with Crippen molar-refractivity contribution in [1.29, 1.82) is 0 Å². The van der Waals surface area contributed by atoms with Crippen LogP contribution < -0.4 is 5.32 Å². The summed E-state index contributed by atoms with van der Waals surface area (Å²) in [4.78, 5) is 27.8. The second kappa shape index (κ2) is 12.1. The molecule has 0 aliphatic rings. The van der Waals surface area contributed by atoms with Crippen LogP contribution in [-0.4, -0.2) is 45.3 Å². The number of rotatable bonds is 10. The first kappa shape index (κ1) is 27.3. The number of aryl methyl sites for hydroxylation is 1. The van der Waals surface area contributed by atoms with Gasteiger partial charge >= 0.3 is 11.9 Å². The van der Waals surface area contributed by atoms with Gasteiger partial charge in [-0.3, -0.25) is 4.79 Å². The number of halogens is 1. The minimum Gasteiger partial charge on any atom is -0.478 e. The van der Waals surface area contributed by atoms with Crippen molar-refractivity contribution >= 4 is 23.5 Å². The Bertz CT molecular complexity index is 1160. The number of nitrogens with zero attached hydrogens (tertiary/aromatic N) is 1. The van der Waals surface area contributed by atoms with Gasteiger partial charge in [0.1, 0.15) is 22.9 Å². The van der Waals surface area contributed by atoms with Gasteiger partial charge in [-0.15, -0.1) is 0 Å². The van der Waals surface area contributed by atoms with Crippen LogP contribution in [0.4, 0.5) is 0 Å². The van der Waals surface area contributed by atoms with E-state index in [1.54, 1.807) is 57.2 Å². The van der Waals surface area contributed by atoms with E-state index in [2.05, 4.69) is 10.3 Å². The number of nitrogens with one attached hydrogen (secondary N) is 1. The van der Waals surface area contributed by atoms with Crippen molar-refractivity contribution in [3.63, 3.8) is 0 Å². The Hall–Kier alpha value is -3.26. The van der Waals surface area contributed by atoms with Crippen LogP contribution in [0.1, 0.15) is 54.8 Å². The maximum atomic E-state index is 12.8. The highest BCUT2D eigenvalue weighted by molar-refractivity contribution is 6.29. The summed E-state index contributed by atoms with van der Waals surface area (Å²) in [6.07, 6.45) is 1.81. The normalized spacial score (nSPS) is 13.1. The van der Waals surface area contributed by atoms with E-state index in [9.17, 15) is 14.7 Å². The zero-order valence-corrected chi connectivity index (χ0v) is 21.3. The van der Waals surface area contributed by atoms with Gasteiger partial charge < -0.3 is 20.3 Å². The number of ether oxygens (including phenoxy) is 1. The molecule has 0 spiro atoms. The maximum absolute atomic E-state index is 12.8. The predicted octanol–water partition coefficient (Wildman–Crippen LogP) is 5.07. The van der Waals surface area contributed by atoms with Gasteiger partial charge in [0.25, 0.3) is 0 Å². The van der Waals surface area contributed by atoms with Crippen LogP contribution in [0.5, 0.6) is 0 Å². The van der Waals surface area contributed by atoms with Crippen molar-refractivity contribution < 1.29 is 24.5 Å². The van der Waals surface area contributed by atoms with E-state index in [1.807, 2.05) is 24.3 Å². The van der Waals surface area contributed by atoms with Crippen LogP contribution in [0.15, 0.2) is 66.9 Å². The fraction of sp³-hybridized carbons (Fsp3) is 0.321. The molecule has 1 unspecified atom stereocenters. The molecule has 2 aromatic carbocycles. The summed E-state index contributed by atoms with van der Waals surface area (Å²) in [6.45, 7) is 5.83. The quantitative estimate of drug-likeness (QED) is 0.198. The number of aliphatic hydroxyl groups is 1. The average molecular weight is 511 g/mol. The van der Waals surface area contributed by atoms with Crippen molar-refractivity contribution in [2.45, 2.75) is 51.4 Å². The molecule has 1 heterocycles. The second-order valence-electron chi connectivity index (χ2n) is 9.51. The zero-order valence-electron chi connectivity index (χ0n) is 20.6. The van der Waals surface area contributed by atoms with Crippen LogP contribution in [0, 0.1) is 0 Å². The second-order valence-corrected chi connectivity index (χ2v) is 9.89. The maximum Gasteiger partial charge on any atom is 0.335 e. The molecular formula is C28H31ClN2O5. The molecule has 0 aliphatic heterocycles. The van der Waals surface area contributed by atoms with Crippen molar-refractivity contribution in [3.05, 3.63) is 88.7 Å². The SMILES string of the molecule is CC(C)(C)OC(=O)C(NCCCc1ccc(-c2ccc(C(=O)O)cc2)cc1)[C@H](O)c1ccc(Cl)nc1. The number of aliphatic hydroxyl groups excluding tert-OH is 1.